The van der Waals surface area contributed by atoms with Gasteiger partial charge in [0.05, 0.1) is 9.82 Å². The lowest BCUT2D eigenvalue weighted by Gasteiger charge is -2.34. The molecular formula is C16H20N4O4S2. The topological polar surface area (TPSA) is 96.7 Å². The fraction of sp³-hybridized carbons (Fsp3) is 0.438. The van der Waals surface area contributed by atoms with E-state index >= 15 is 0 Å². The minimum Gasteiger partial charge on any atom is -0.354 e. The number of sulfonamides is 1. The van der Waals surface area contributed by atoms with Gasteiger partial charge in [-0.2, -0.15) is 4.31 Å². The van der Waals surface area contributed by atoms with Crippen LogP contribution >= 0.6 is 11.3 Å². The van der Waals surface area contributed by atoms with Crippen molar-refractivity contribution in [3.8, 4) is 0 Å². The van der Waals surface area contributed by atoms with Crippen LogP contribution in [0.25, 0.3) is 0 Å². The third-order valence-electron chi connectivity index (χ3n) is 4.44. The summed E-state index contributed by atoms with van der Waals surface area (Å²) < 4.78 is 27.2. The molecule has 3 rings (SSSR count). The monoisotopic (exact) mass is 396 g/mol. The summed E-state index contributed by atoms with van der Waals surface area (Å²) in [5.41, 5.74) is 0.526. The summed E-state index contributed by atoms with van der Waals surface area (Å²) >= 11 is 1.48. The third-order valence-corrected chi connectivity index (χ3v) is 7.56. The van der Waals surface area contributed by atoms with Gasteiger partial charge in [0.25, 0.3) is 5.69 Å². The van der Waals surface area contributed by atoms with Crippen molar-refractivity contribution in [2.24, 2.45) is 0 Å². The second kappa shape index (κ2) is 6.93. The molecule has 0 amide bonds. The van der Waals surface area contributed by atoms with E-state index in [1.807, 2.05) is 18.7 Å². The molecule has 0 aromatic carbocycles. The number of thiophene rings is 1. The number of anilines is 1. The third kappa shape index (κ3) is 3.44. The molecule has 3 heterocycles. The fourth-order valence-corrected chi connectivity index (χ4v) is 6.00. The summed E-state index contributed by atoms with van der Waals surface area (Å²) in [6, 6.07) is 3.40. The summed E-state index contributed by atoms with van der Waals surface area (Å²) in [5.74, 6) is 0.632. The minimum absolute atomic E-state index is 0.0155. The molecule has 0 radical (unpaired) electrons. The van der Waals surface area contributed by atoms with Crippen LogP contribution in [0.4, 0.5) is 11.5 Å². The van der Waals surface area contributed by atoms with Crippen LogP contribution in [-0.2, 0) is 10.0 Å². The Kier molecular flexibility index (Phi) is 5.00. The van der Waals surface area contributed by atoms with E-state index in [1.165, 1.54) is 21.8 Å². The van der Waals surface area contributed by atoms with Crippen LogP contribution in [0.1, 0.15) is 15.3 Å². The van der Waals surface area contributed by atoms with Crippen LogP contribution in [-0.4, -0.2) is 48.8 Å². The zero-order valence-electron chi connectivity index (χ0n) is 14.8. The molecule has 26 heavy (non-hydrogen) atoms. The molecule has 0 spiro atoms. The summed E-state index contributed by atoms with van der Waals surface area (Å²) in [5, 5.41) is 10.9. The predicted molar refractivity (Wildman–Crippen MR) is 100 cm³/mol. The molecule has 2 aromatic rings. The highest BCUT2D eigenvalue weighted by molar-refractivity contribution is 7.89. The molecule has 0 N–H and O–H groups in total. The Bertz CT molecular complexity index is 947. The molecule has 1 aliphatic heterocycles. The quantitative estimate of drug-likeness (QED) is 0.582. The Morgan fingerprint density at radius 3 is 2.31 bits per heavy atom. The molecule has 140 valence electrons. The Balaban J connectivity index is 1.74. The zero-order chi connectivity index (χ0) is 19.1. The molecule has 1 saturated heterocycles. The highest BCUT2D eigenvalue weighted by Gasteiger charge is 2.31. The number of hydrogen-bond acceptors (Lipinski definition) is 7. The number of rotatable bonds is 4. The average Bonchev–Trinajstić information content (AvgIpc) is 2.93. The van der Waals surface area contributed by atoms with Crippen LogP contribution < -0.4 is 4.90 Å². The lowest BCUT2D eigenvalue weighted by Crippen LogP contribution is -2.49. The highest BCUT2D eigenvalue weighted by Crippen LogP contribution is 2.29. The second-order valence-electron chi connectivity index (χ2n) is 6.25. The Morgan fingerprint density at radius 1 is 1.15 bits per heavy atom. The first-order chi connectivity index (χ1) is 12.2. The van der Waals surface area contributed by atoms with Gasteiger partial charge in [0, 0.05) is 41.5 Å². The van der Waals surface area contributed by atoms with Gasteiger partial charge in [0.15, 0.2) is 0 Å². The Labute approximate surface area is 156 Å². The Hall–Kier alpha value is -2.04. The van der Waals surface area contributed by atoms with Gasteiger partial charge in [-0.1, -0.05) is 0 Å². The van der Waals surface area contributed by atoms with Crippen LogP contribution in [0.2, 0.25) is 0 Å². The van der Waals surface area contributed by atoms with Crippen LogP contribution in [0.3, 0.4) is 0 Å². The van der Waals surface area contributed by atoms with Gasteiger partial charge >= 0.3 is 0 Å². The number of aromatic nitrogens is 1. The standard InChI is InChI=1S/C16H20N4O4S2/c1-11-8-16(17-10-14(11)20(21)22)18-4-6-19(7-5-18)26(23,24)15-9-12(2)25-13(15)3/h8-10H,4-7H2,1-3H3. The van der Waals surface area contributed by atoms with E-state index in [9.17, 15) is 18.5 Å². The van der Waals surface area contributed by atoms with Gasteiger partial charge in [-0.15, -0.1) is 11.3 Å². The van der Waals surface area contributed by atoms with Gasteiger partial charge in [0.1, 0.15) is 12.0 Å². The first-order valence-electron chi connectivity index (χ1n) is 8.13. The number of aryl methyl sites for hydroxylation is 3. The van der Waals surface area contributed by atoms with E-state index in [1.54, 1.807) is 19.1 Å². The predicted octanol–water partition coefficient (Wildman–Crippen LogP) is 2.49. The number of nitrogens with zero attached hydrogens (tertiary/aromatic N) is 4. The molecule has 1 fully saturated rings. The molecule has 0 bridgehead atoms. The second-order valence-corrected chi connectivity index (χ2v) is 9.62. The number of nitro groups is 1. The number of pyridine rings is 1. The van der Waals surface area contributed by atoms with E-state index in [0.717, 1.165) is 9.75 Å². The smallest absolute Gasteiger partial charge is 0.290 e. The normalized spacial score (nSPS) is 16.0. The largest absolute Gasteiger partial charge is 0.354 e. The first-order valence-corrected chi connectivity index (χ1v) is 10.4. The molecule has 2 aromatic heterocycles. The summed E-state index contributed by atoms with van der Waals surface area (Å²) in [6.07, 6.45) is 1.26. The maximum Gasteiger partial charge on any atom is 0.290 e. The number of piperazine rings is 1. The van der Waals surface area contributed by atoms with Crippen molar-refractivity contribution in [1.29, 1.82) is 0 Å². The summed E-state index contributed by atoms with van der Waals surface area (Å²) in [7, 11) is -3.50. The maximum absolute atomic E-state index is 12.9. The van der Waals surface area contributed by atoms with E-state index in [2.05, 4.69) is 4.98 Å². The van der Waals surface area contributed by atoms with Gasteiger partial charge < -0.3 is 4.90 Å². The van der Waals surface area contributed by atoms with Crippen LogP contribution in [0.5, 0.6) is 0 Å². The van der Waals surface area contributed by atoms with Crippen molar-refractivity contribution in [3.63, 3.8) is 0 Å². The zero-order valence-corrected chi connectivity index (χ0v) is 16.4. The molecule has 0 aliphatic carbocycles. The molecule has 1 aliphatic rings. The van der Waals surface area contributed by atoms with Gasteiger partial charge in [0.2, 0.25) is 10.0 Å². The van der Waals surface area contributed by atoms with Crippen molar-refractivity contribution >= 4 is 32.9 Å². The van der Waals surface area contributed by atoms with Crippen LogP contribution in [0.15, 0.2) is 23.2 Å². The molecule has 0 atom stereocenters. The molecule has 8 nitrogen and oxygen atoms in total. The van der Waals surface area contributed by atoms with E-state index in [4.69, 9.17) is 0 Å². The minimum atomic E-state index is -3.50. The lowest BCUT2D eigenvalue weighted by atomic mass is 10.2. The molecule has 0 unspecified atom stereocenters. The van der Waals surface area contributed by atoms with Crippen LogP contribution in [0, 0.1) is 30.9 Å². The SMILES string of the molecule is Cc1cc(S(=O)(=O)N2CCN(c3cc(C)c([N+](=O)[O-])cn3)CC2)c(C)s1. The molecule has 0 saturated carbocycles. The first kappa shape index (κ1) is 18.7. The van der Waals surface area contributed by atoms with E-state index < -0.39 is 14.9 Å². The van der Waals surface area contributed by atoms with Crippen molar-refractivity contribution in [2.45, 2.75) is 25.7 Å². The van der Waals surface area contributed by atoms with Gasteiger partial charge in [-0.25, -0.2) is 13.4 Å². The summed E-state index contributed by atoms with van der Waals surface area (Å²) in [4.78, 5) is 18.7. The van der Waals surface area contributed by atoms with Crippen molar-refractivity contribution < 1.29 is 13.3 Å². The molecular weight excluding hydrogens is 376 g/mol. The van der Waals surface area contributed by atoms with Crippen molar-refractivity contribution in [1.82, 2.24) is 9.29 Å². The Morgan fingerprint density at radius 2 is 1.81 bits per heavy atom. The highest BCUT2D eigenvalue weighted by atomic mass is 32.2. The summed E-state index contributed by atoms with van der Waals surface area (Å²) in [6.45, 7) is 7.09. The lowest BCUT2D eigenvalue weighted by molar-refractivity contribution is -0.385. The van der Waals surface area contributed by atoms with Gasteiger partial charge in [-0.3, -0.25) is 10.1 Å². The van der Waals surface area contributed by atoms with E-state index in [-0.39, 0.29) is 5.69 Å². The maximum atomic E-state index is 12.9. The number of hydrogen-bond donors (Lipinski definition) is 0. The average molecular weight is 396 g/mol. The molecule has 10 heteroatoms. The van der Waals surface area contributed by atoms with Crippen molar-refractivity contribution in [3.05, 3.63) is 43.8 Å². The van der Waals surface area contributed by atoms with Gasteiger partial charge in [-0.05, 0) is 32.9 Å². The fourth-order valence-electron chi connectivity index (χ4n) is 3.06. The van der Waals surface area contributed by atoms with Crippen molar-refractivity contribution in [2.75, 3.05) is 31.1 Å². The van der Waals surface area contributed by atoms with E-state index in [0.29, 0.717) is 42.5 Å².